The van der Waals surface area contributed by atoms with Crippen molar-refractivity contribution in [1.29, 1.82) is 0 Å². The molecule has 0 spiro atoms. The number of benzene rings is 2. The maximum atomic E-state index is 4.59. The Balaban J connectivity index is 1.98. The number of para-hydroxylation sites is 2. The highest BCUT2D eigenvalue weighted by molar-refractivity contribution is 7.99. The lowest BCUT2D eigenvalue weighted by Crippen LogP contribution is -1.82. The number of H-pyrrole nitrogens is 1. The SMILES string of the molecule is Cc1ccc(C)c(Sc2nc3ccccc3[nH]2)c1. The summed E-state index contributed by atoms with van der Waals surface area (Å²) in [5.74, 6) is 0. The summed E-state index contributed by atoms with van der Waals surface area (Å²) in [6.07, 6.45) is 0. The molecule has 0 fully saturated rings. The molecule has 0 atom stereocenters. The number of nitrogens with one attached hydrogen (secondary N) is 1. The molecule has 3 aromatic rings. The van der Waals surface area contributed by atoms with Crippen molar-refractivity contribution in [2.45, 2.75) is 23.9 Å². The van der Waals surface area contributed by atoms with Crippen molar-refractivity contribution in [2.75, 3.05) is 0 Å². The number of aromatic amines is 1. The van der Waals surface area contributed by atoms with Crippen LogP contribution in [0.1, 0.15) is 11.1 Å². The van der Waals surface area contributed by atoms with Gasteiger partial charge in [0.1, 0.15) is 0 Å². The third-order valence-electron chi connectivity index (χ3n) is 2.92. The van der Waals surface area contributed by atoms with Crippen LogP contribution in [0, 0.1) is 13.8 Å². The van der Waals surface area contributed by atoms with Gasteiger partial charge in [-0.3, -0.25) is 0 Å². The lowest BCUT2D eigenvalue weighted by atomic mass is 10.2. The Hall–Kier alpha value is -1.74. The fourth-order valence-electron chi connectivity index (χ4n) is 1.90. The molecule has 0 aliphatic carbocycles. The van der Waals surface area contributed by atoms with Crippen molar-refractivity contribution in [3.05, 3.63) is 53.6 Å². The molecule has 3 rings (SSSR count). The molecule has 18 heavy (non-hydrogen) atoms. The maximum Gasteiger partial charge on any atom is 0.171 e. The summed E-state index contributed by atoms with van der Waals surface area (Å²) in [6, 6.07) is 14.6. The van der Waals surface area contributed by atoms with Gasteiger partial charge in [-0.05, 0) is 43.2 Å². The van der Waals surface area contributed by atoms with Crippen molar-refractivity contribution in [3.63, 3.8) is 0 Å². The Morgan fingerprint density at radius 3 is 2.72 bits per heavy atom. The van der Waals surface area contributed by atoms with E-state index in [1.54, 1.807) is 11.8 Å². The van der Waals surface area contributed by atoms with Gasteiger partial charge in [0.25, 0.3) is 0 Å². The average molecular weight is 254 g/mol. The topological polar surface area (TPSA) is 28.7 Å². The first-order chi connectivity index (χ1) is 8.72. The minimum Gasteiger partial charge on any atom is -0.333 e. The second-order valence-electron chi connectivity index (χ2n) is 4.43. The molecule has 90 valence electrons. The second-order valence-corrected chi connectivity index (χ2v) is 5.46. The maximum absolute atomic E-state index is 4.59. The minimum absolute atomic E-state index is 0.949. The van der Waals surface area contributed by atoms with E-state index in [4.69, 9.17) is 0 Å². The average Bonchev–Trinajstić information content (AvgIpc) is 2.76. The number of hydrogen-bond donors (Lipinski definition) is 1. The van der Waals surface area contributed by atoms with Crippen LogP contribution >= 0.6 is 11.8 Å². The highest BCUT2D eigenvalue weighted by Crippen LogP contribution is 2.30. The molecule has 2 nitrogen and oxygen atoms in total. The minimum atomic E-state index is 0.949. The first-order valence-electron chi connectivity index (χ1n) is 5.92. The summed E-state index contributed by atoms with van der Waals surface area (Å²) in [7, 11) is 0. The summed E-state index contributed by atoms with van der Waals surface area (Å²) in [5.41, 5.74) is 4.67. The van der Waals surface area contributed by atoms with Crippen LogP contribution in [0.25, 0.3) is 11.0 Å². The number of aryl methyl sites for hydroxylation is 2. The Kier molecular flexibility index (Phi) is 2.84. The zero-order valence-corrected chi connectivity index (χ0v) is 11.2. The summed E-state index contributed by atoms with van der Waals surface area (Å²) in [4.78, 5) is 9.19. The second kappa shape index (κ2) is 4.50. The van der Waals surface area contributed by atoms with E-state index in [2.05, 4.69) is 48.1 Å². The van der Waals surface area contributed by atoms with E-state index in [9.17, 15) is 0 Å². The van der Waals surface area contributed by atoms with Gasteiger partial charge in [0.05, 0.1) is 11.0 Å². The molecule has 0 saturated carbocycles. The number of rotatable bonds is 2. The third-order valence-corrected chi connectivity index (χ3v) is 3.96. The molecule has 0 bridgehead atoms. The first kappa shape index (κ1) is 11.4. The molecule has 0 aliphatic rings. The van der Waals surface area contributed by atoms with Crippen molar-refractivity contribution in [1.82, 2.24) is 9.97 Å². The monoisotopic (exact) mass is 254 g/mol. The van der Waals surface area contributed by atoms with Crippen molar-refractivity contribution in [2.24, 2.45) is 0 Å². The van der Waals surface area contributed by atoms with Gasteiger partial charge in [0.15, 0.2) is 5.16 Å². The fourth-order valence-corrected chi connectivity index (χ4v) is 2.89. The fraction of sp³-hybridized carbons (Fsp3) is 0.133. The Morgan fingerprint density at radius 2 is 1.89 bits per heavy atom. The van der Waals surface area contributed by atoms with Crippen LogP contribution in [0.5, 0.6) is 0 Å². The highest BCUT2D eigenvalue weighted by Gasteiger charge is 2.06. The van der Waals surface area contributed by atoms with E-state index in [1.165, 1.54) is 16.0 Å². The molecule has 0 radical (unpaired) electrons. The Bertz CT molecular complexity index is 668. The molecule has 1 aromatic heterocycles. The molecular formula is C15H14N2S. The van der Waals surface area contributed by atoms with Crippen LogP contribution in [-0.4, -0.2) is 9.97 Å². The van der Waals surface area contributed by atoms with Crippen molar-refractivity contribution >= 4 is 22.8 Å². The lowest BCUT2D eigenvalue weighted by molar-refractivity contribution is 1.07. The van der Waals surface area contributed by atoms with Gasteiger partial charge < -0.3 is 4.98 Å². The van der Waals surface area contributed by atoms with Crippen LogP contribution in [0.3, 0.4) is 0 Å². The Labute approximate surface area is 110 Å². The van der Waals surface area contributed by atoms with E-state index in [1.807, 2.05) is 18.2 Å². The summed E-state index contributed by atoms with van der Waals surface area (Å²) in [6.45, 7) is 4.24. The van der Waals surface area contributed by atoms with Gasteiger partial charge in [0.2, 0.25) is 0 Å². The number of fused-ring (bicyclic) bond motifs is 1. The van der Waals surface area contributed by atoms with Gasteiger partial charge in [-0.2, -0.15) is 0 Å². The van der Waals surface area contributed by atoms with Gasteiger partial charge >= 0.3 is 0 Å². The van der Waals surface area contributed by atoms with Gasteiger partial charge in [-0.15, -0.1) is 0 Å². The van der Waals surface area contributed by atoms with E-state index in [-0.39, 0.29) is 0 Å². The molecule has 0 saturated heterocycles. The number of aromatic nitrogens is 2. The normalized spacial score (nSPS) is 11.0. The molecule has 1 N–H and O–H groups in total. The summed E-state index contributed by atoms with van der Waals surface area (Å²) in [5, 5.41) is 0.949. The summed E-state index contributed by atoms with van der Waals surface area (Å²) >= 11 is 1.69. The molecule has 0 aliphatic heterocycles. The van der Waals surface area contributed by atoms with Crippen LogP contribution in [0.15, 0.2) is 52.5 Å². The van der Waals surface area contributed by atoms with Crippen LogP contribution in [-0.2, 0) is 0 Å². The predicted octanol–water partition coefficient (Wildman–Crippen LogP) is 4.33. The van der Waals surface area contributed by atoms with Gasteiger partial charge in [-0.1, -0.05) is 36.0 Å². The van der Waals surface area contributed by atoms with Crippen LogP contribution < -0.4 is 0 Å². The summed E-state index contributed by atoms with van der Waals surface area (Å²) < 4.78 is 0. The number of hydrogen-bond acceptors (Lipinski definition) is 2. The van der Waals surface area contributed by atoms with E-state index in [0.717, 1.165) is 16.2 Å². The van der Waals surface area contributed by atoms with Crippen LogP contribution in [0.2, 0.25) is 0 Å². The van der Waals surface area contributed by atoms with Gasteiger partial charge in [0, 0.05) is 4.90 Å². The molecule has 0 amide bonds. The molecule has 2 aromatic carbocycles. The van der Waals surface area contributed by atoms with E-state index < -0.39 is 0 Å². The quantitative estimate of drug-likeness (QED) is 0.737. The van der Waals surface area contributed by atoms with Gasteiger partial charge in [-0.25, -0.2) is 4.98 Å². The Morgan fingerprint density at radius 1 is 1.06 bits per heavy atom. The zero-order valence-electron chi connectivity index (χ0n) is 10.4. The zero-order chi connectivity index (χ0) is 12.5. The van der Waals surface area contributed by atoms with E-state index >= 15 is 0 Å². The third kappa shape index (κ3) is 2.14. The number of nitrogens with zero attached hydrogens (tertiary/aromatic N) is 1. The van der Waals surface area contributed by atoms with E-state index in [0.29, 0.717) is 0 Å². The van der Waals surface area contributed by atoms with Crippen LogP contribution in [0.4, 0.5) is 0 Å². The molecular weight excluding hydrogens is 240 g/mol. The first-order valence-corrected chi connectivity index (χ1v) is 6.74. The molecule has 0 unspecified atom stereocenters. The lowest BCUT2D eigenvalue weighted by Gasteiger charge is -2.04. The largest absolute Gasteiger partial charge is 0.333 e. The highest BCUT2D eigenvalue weighted by atomic mass is 32.2. The molecule has 1 heterocycles. The number of imidazole rings is 1. The van der Waals surface area contributed by atoms with Crippen molar-refractivity contribution in [3.8, 4) is 0 Å². The predicted molar refractivity (Wildman–Crippen MR) is 76.1 cm³/mol. The van der Waals surface area contributed by atoms with Crippen molar-refractivity contribution < 1.29 is 0 Å². The smallest absolute Gasteiger partial charge is 0.171 e. The standard InChI is InChI=1S/C15H14N2S/c1-10-7-8-11(2)14(9-10)18-15-16-12-5-3-4-6-13(12)17-15/h3-9H,1-2H3,(H,16,17). The molecule has 3 heteroatoms.